The fraction of sp³-hybridized carbons (Fsp3) is 0.929. The molecule has 1 amide bonds. The van der Waals surface area contributed by atoms with E-state index in [1.54, 1.807) is 11.8 Å². The first-order valence-corrected chi connectivity index (χ1v) is 8.54. The molecule has 0 radical (unpaired) electrons. The molecule has 3 nitrogen and oxygen atoms in total. The summed E-state index contributed by atoms with van der Waals surface area (Å²) < 4.78 is 0. The van der Waals surface area contributed by atoms with Crippen molar-refractivity contribution in [3.05, 3.63) is 0 Å². The molecule has 1 unspecified atom stereocenters. The number of rotatable bonds is 5. The predicted octanol–water partition coefficient (Wildman–Crippen LogP) is 2.73. The molecule has 0 spiro atoms. The Balaban J connectivity index is 0.00000180. The van der Waals surface area contributed by atoms with Gasteiger partial charge in [-0.25, -0.2) is 0 Å². The molecule has 2 fully saturated rings. The minimum atomic E-state index is 0. The van der Waals surface area contributed by atoms with Crippen LogP contribution in [-0.4, -0.2) is 36.0 Å². The van der Waals surface area contributed by atoms with E-state index in [2.05, 4.69) is 10.6 Å². The second kappa shape index (κ2) is 9.89. The van der Waals surface area contributed by atoms with Gasteiger partial charge in [-0.15, -0.1) is 24.2 Å². The average Bonchev–Trinajstić information content (AvgIpc) is 2.80. The Bertz CT molecular complexity index is 252. The van der Waals surface area contributed by atoms with Gasteiger partial charge in [-0.3, -0.25) is 4.79 Å². The van der Waals surface area contributed by atoms with Gasteiger partial charge in [0.05, 0.1) is 5.25 Å². The van der Waals surface area contributed by atoms with Crippen molar-refractivity contribution >= 4 is 30.1 Å². The summed E-state index contributed by atoms with van der Waals surface area (Å²) in [5.74, 6) is 1.40. The van der Waals surface area contributed by atoms with Gasteiger partial charge in [0, 0.05) is 19.1 Å². The molecule has 0 aromatic carbocycles. The predicted molar refractivity (Wildman–Crippen MR) is 85.2 cm³/mol. The minimum Gasteiger partial charge on any atom is -0.354 e. The summed E-state index contributed by atoms with van der Waals surface area (Å²) in [6.45, 7) is 1.71. The minimum absolute atomic E-state index is 0. The second-order valence-electron chi connectivity index (χ2n) is 5.44. The second-order valence-corrected chi connectivity index (χ2v) is 6.75. The molecule has 0 bridgehead atoms. The van der Waals surface area contributed by atoms with E-state index in [1.807, 2.05) is 0 Å². The molecular formula is C14H27ClN2OS. The van der Waals surface area contributed by atoms with Crippen LogP contribution in [-0.2, 0) is 4.79 Å². The lowest BCUT2D eigenvalue weighted by atomic mass is 10.1. The normalized spacial score (nSPS) is 24.5. The van der Waals surface area contributed by atoms with Crippen LogP contribution in [0.5, 0.6) is 0 Å². The van der Waals surface area contributed by atoms with Crippen LogP contribution in [0.25, 0.3) is 0 Å². The topological polar surface area (TPSA) is 41.1 Å². The van der Waals surface area contributed by atoms with E-state index < -0.39 is 0 Å². The van der Waals surface area contributed by atoms with Gasteiger partial charge in [0.25, 0.3) is 0 Å². The Hall–Kier alpha value is 0.0700. The molecule has 1 saturated heterocycles. The zero-order valence-electron chi connectivity index (χ0n) is 11.7. The van der Waals surface area contributed by atoms with Crippen molar-refractivity contribution in [2.24, 2.45) is 0 Å². The highest BCUT2D eigenvalue weighted by Crippen LogP contribution is 2.25. The Kier molecular flexibility index (Phi) is 8.92. The fourth-order valence-electron chi connectivity index (χ4n) is 2.84. The lowest BCUT2D eigenvalue weighted by molar-refractivity contribution is -0.120. The number of carbonyl (C=O) groups excluding carboxylic acids is 1. The number of carbonyl (C=O) groups is 1. The van der Waals surface area contributed by atoms with Gasteiger partial charge >= 0.3 is 0 Å². The van der Waals surface area contributed by atoms with Crippen LogP contribution in [0.1, 0.15) is 51.4 Å². The van der Waals surface area contributed by atoms with Gasteiger partial charge in [0.15, 0.2) is 0 Å². The van der Waals surface area contributed by atoms with E-state index >= 15 is 0 Å². The summed E-state index contributed by atoms with van der Waals surface area (Å²) in [4.78, 5) is 11.8. The standard InChI is InChI=1S/C14H26N2OS.ClH/c17-14(13-8-5-11-18-13)16-10-9-15-12-6-3-1-2-4-7-12;/h12-13,15H,1-11H2,(H,16,17);1H. The van der Waals surface area contributed by atoms with Crippen molar-refractivity contribution in [1.82, 2.24) is 10.6 Å². The molecule has 1 aliphatic carbocycles. The van der Waals surface area contributed by atoms with E-state index in [9.17, 15) is 4.79 Å². The van der Waals surface area contributed by atoms with Gasteiger partial charge in [0.1, 0.15) is 0 Å². The fourth-order valence-corrected chi connectivity index (χ4v) is 4.03. The monoisotopic (exact) mass is 306 g/mol. The number of thioether (sulfide) groups is 1. The van der Waals surface area contributed by atoms with Crippen LogP contribution >= 0.6 is 24.2 Å². The number of nitrogens with one attached hydrogen (secondary N) is 2. The molecule has 1 heterocycles. The molecule has 5 heteroatoms. The summed E-state index contributed by atoms with van der Waals surface area (Å²) in [5, 5.41) is 6.87. The Morgan fingerprint density at radius 2 is 1.74 bits per heavy atom. The summed E-state index contributed by atoms with van der Waals surface area (Å²) >= 11 is 1.81. The molecular weight excluding hydrogens is 280 g/mol. The van der Waals surface area contributed by atoms with E-state index in [4.69, 9.17) is 0 Å². The van der Waals surface area contributed by atoms with Crippen molar-refractivity contribution in [2.45, 2.75) is 62.7 Å². The van der Waals surface area contributed by atoms with Crippen LogP contribution in [0.2, 0.25) is 0 Å². The number of halogens is 1. The van der Waals surface area contributed by atoms with E-state index in [0.717, 1.165) is 25.3 Å². The molecule has 2 rings (SSSR count). The zero-order valence-corrected chi connectivity index (χ0v) is 13.3. The Morgan fingerprint density at radius 1 is 1.00 bits per heavy atom. The van der Waals surface area contributed by atoms with Crippen LogP contribution in [0.3, 0.4) is 0 Å². The van der Waals surface area contributed by atoms with Gasteiger partial charge in [-0.05, 0) is 31.4 Å². The smallest absolute Gasteiger partial charge is 0.233 e. The van der Waals surface area contributed by atoms with Crippen molar-refractivity contribution in [3.63, 3.8) is 0 Å². The molecule has 0 aromatic heterocycles. The van der Waals surface area contributed by atoms with E-state index in [0.29, 0.717) is 6.04 Å². The Morgan fingerprint density at radius 3 is 2.37 bits per heavy atom. The lowest BCUT2D eigenvalue weighted by Gasteiger charge is -2.17. The van der Waals surface area contributed by atoms with E-state index in [1.165, 1.54) is 44.9 Å². The molecule has 1 aliphatic heterocycles. The zero-order chi connectivity index (χ0) is 12.6. The number of amides is 1. The first-order valence-electron chi connectivity index (χ1n) is 7.49. The maximum atomic E-state index is 11.8. The number of hydrogen-bond donors (Lipinski definition) is 2. The van der Waals surface area contributed by atoms with Gasteiger partial charge in [-0.2, -0.15) is 0 Å². The average molecular weight is 307 g/mol. The molecule has 2 aliphatic rings. The van der Waals surface area contributed by atoms with Crippen LogP contribution < -0.4 is 10.6 Å². The first-order chi connectivity index (χ1) is 8.86. The highest BCUT2D eigenvalue weighted by Gasteiger charge is 2.22. The third-order valence-electron chi connectivity index (χ3n) is 3.93. The van der Waals surface area contributed by atoms with E-state index in [-0.39, 0.29) is 23.6 Å². The molecule has 1 atom stereocenters. The van der Waals surface area contributed by atoms with Crippen molar-refractivity contribution < 1.29 is 4.79 Å². The quantitative estimate of drug-likeness (QED) is 0.606. The highest BCUT2D eigenvalue weighted by molar-refractivity contribution is 8.00. The van der Waals surface area contributed by atoms with Gasteiger partial charge < -0.3 is 10.6 Å². The number of hydrogen-bond acceptors (Lipinski definition) is 3. The van der Waals surface area contributed by atoms with Crippen LogP contribution in [0, 0.1) is 0 Å². The maximum Gasteiger partial charge on any atom is 0.233 e. The van der Waals surface area contributed by atoms with Crippen molar-refractivity contribution in [3.8, 4) is 0 Å². The summed E-state index contributed by atoms with van der Waals surface area (Å²) in [6, 6.07) is 0.685. The first kappa shape index (κ1) is 17.1. The maximum absolute atomic E-state index is 11.8. The van der Waals surface area contributed by atoms with Crippen LogP contribution in [0.15, 0.2) is 0 Å². The molecule has 1 saturated carbocycles. The molecule has 0 aromatic rings. The van der Waals surface area contributed by atoms with Crippen molar-refractivity contribution in [1.29, 1.82) is 0 Å². The van der Waals surface area contributed by atoms with Crippen LogP contribution in [0.4, 0.5) is 0 Å². The third kappa shape index (κ3) is 6.37. The molecule has 2 N–H and O–H groups in total. The van der Waals surface area contributed by atoms with Gasteiger partial charge in [-0.1, -0.05) is 25.7 Å². The Labute approximate surface area is 127 Å². The highest BCUT2D eigenvalue weighted by atomic mass is 35.5. The SMILES string of the molecule is Cl.O=C(NCCNC1CCCCCC1)C1CCCS1. The summed E-state index contributed by atoms with van der Waals surface area (Å²) in [5.41, 5.74) is 0. The van der Waals surface area contributed by atoms with Crippen molar-refractivity contribution in [2.75, 3.05) is 18.8 Å². The third-order valence-corrected chi connectivity index (χ3v) is 5.31. The molecule has 19 heavy (non-hydrogen) atoms. The molecule has 112 valence electrons. The summed E-state index contributed by atoms with van der Waals surface area (Å²) in [7, 11) is 0. The largest absolute Gasteiger partial charge is 0.354 e. The lowest BCUT2D eigenvalue weighted by Crippen LogP contribution is -2.39. The van der Waals surface area contributed by atoms with Gasteiger partial charge in [0.2, 0.25) is 5.91 Å². The summed E-state index contributed by atoms with van der Waals surface area (Å²) in [6.07, 6.45) is 10.4.